The maximum absolute atomic E-state index is 10.4. The van der Waals surface area contributed by atoms with Crippen LogP contribution in [-0.2, 0) is 0 Å². The molecule has 0 spiro atoms. The van der Waals surface area contributed by atoms with E-state index in [0.29, 0.717) is 11.3 Å². The molecule has 0 heterocycles. The summed E-state index contributed by atoms with van der Waals surface area (Å²) in [5.41, 5.74) is 0.492. The summed E-state index contributed by atoms with van der Waals surface area (Å²) in [6.07, 6.45) is 9.56. The van der Waals surface area contributed by atoms with Gasteiger partial charge in [0, 0.05) is 0 Å². The minimum atomic E-state index is 0.00750. The molecule has 1 nitrogen and oxygen atoms in total. The lowest BCUT2D eigenvalue weighted by molar-refractivity contribution is -0.203. The first kappa shape index (κ1) is 11.1. The summed E-state index contributed by atoms with van der Waals surface area (Å²) in [6.45, 7) is 4.80. The zero-order valence-electron chi connectivity index (χ0n) is 10.8. The minimum absolute atomic E-state index is 0.00750. The van der Waals surface area contributed by atoms with E-state index < -0.39 is 0 Å². The van der Waals surface area contributed by atoms with Gasteiger partial charge in [0.05, 0.1) is 6.10 Å². The van der Waals surface area contributed by atoms with Gasteiger partial charge >= 0.3 is 0 Å². The quantitative estimate of drug-likeness (QED) is 0.664. The molecule has 3 fully saturated rings. The van der Waals surface area contributed by atoms with Crippen molar-refractivity contribution in [3.05, 3.63) is 0 Å². The van der Waals surface area contributed by atoms with Crippen LogP contribution in [0.1, 0.15) is 58.8 Å². The second-order valence-electron chi connectivity index (χ2n) is 7.05. The third kappa shape index (κ3) is 1.40. The molecule has 6 unspecified atom stereocenters. The largest absolute Gasteiger partial charge is 0.393 e. The molecular formula is C15H26O. The van der Waals surface area contributed by atoms with Gasteiger partial charge in [0.15, 0.2) is 0 Å². The summed E-state index contributed by atoms with van der Waals surface area (Å²) >= 11 is 0. The van der Waals surface area contributed by atoms with E-state index in [9.17, 15) is 5.11 Å². The van der Waals surface area contributed by atoms with Crippen molar-refractivity contribution in [3.8, 4) is 0 Å². The predicted octanol–water partition coefficient (Wildman–Crippen LogP) is 3.61. The third-order valence-corrected chi connectivity index (χ3v) is 5.99. The highest BCUT2D eigenvalue weighted by atomic mass is 16.3. The summed E-state index contributed by atoms with van der Waals surface area (Å²) in [5.74, 6) is 3.19. The molecule has 0 aromatic rings. The van der Waals surface area contributed by atoms with Gasteiger partial charge in [-0.3, -0.25) is 0 Å². The molecule has 16 heavy (non-hydrogen) atoms. The smallest absolute Gasteiger partial charge is 0.0579 e. The van der Waals surface area contributed by atoms with Crippen LogP contribution in [-0.4, -0.2) is 11.2 Å². The number of hydrogen-bond acceptors (Lipinski definition) is 1. The van der Waals surface area contributed by atoms with Crippen LogP contribution in [0.2, 0.25) is 0 Å². The molecule has 3 aliphatic carbocycles. The van der Waals surface area contributed by atoms with Crippen LogP contribution < -0.4 is 0 Å². The van der Waals surface area contributed by atoms with E-state index in [0.717, 1.165) is 24.2 Å². The van der Waals surface area contributed by atoms with E-state index in [2.05, 4.69) is 13.8 Å². The molecular weight excluding hydrogens is 196 g/mol. The Morgan fingerprint density at radius 2 is 1.88 bits per heavy atom. The number of aliphatic hydroxyl groups is 1. The van der Waals surface area contributed by atoms with Crippen molar-refractivity contribution < 1.29 is 5.11 Å². The van der Waals surface area contributed by atoms with Crippen molar-refractivity contribution in [1.82, 2.24) is 0 Å². The molecule has 0 saturated heterocycles. The van der Waals surface area contributed by atoms with Crippen molar-refractivity contribution in [2.45, 2.75) is 64.9 Å². The van der Waals surface area contributed by atoms with Crippen molar-refractivity contribution in [2.75, 3.05) is 0 Å². The Kier molecular flexibility index (Phi) is 2.58. The number of hydrogen-bond donors (Lipinski definition) is 1. The zero-order chi connectivity index (χ0) is 11.3. The van der Waals surface area contributed by atoms with Gasteiger partial charge < -0.3 is 5.11 Å². The highest BCUT2D eigenvalue weighted by molar-refractivity contribution is 5.10. The minimum Gasteiger partial charge on any atom is -0.393 e. The SMILES string of the molecule is CC1CC(O)C2C3CCCCCC3C2(C)C1. The van der Waals surface area contributed by atoms with Crippen molar-refractivity contribution >= 4 is 0 Å². The first-order valence-corrected chi connectivity index (χ1v) is 7.31. The molecule has 3 saturated carbocycles. The van der Waals surface area contributed by atoms with E-state index in [1.54, 1.807) is 0 Å². The summed E-state index contributed by atoms with van der Waals surface area (Å²) in [6, 6.07) is 0. The fourth-order valence-electron chi connectivity index (χ4n) is 5.61. The van der Waals surface area contributed by atoms with E-state index in [1.165, 1.54) is 38.5 Å². The molecule has 0 aromatic heterocycles. The molecule has 0 aliphatic heterocycles. The molecule has 6 atom stereocenters. The van der Waals surface area contributed by atoms with Crippen LogP contribution in [0.3, 0.4) is 0 Å². The van der Waals surface area contributed by atoms with Crippen molar-refractivity contribution in [3.63, 3.8) is 0 Å². The zero-order valence-corrected chi connectivity index (χ0v) is 10.8. The van der Waals surface area contributed by atoms with Gasteiger partial charge in [-0.25, -0.2) is 0 Å². The van der Waals surface area contributed by atoms with Crippen LogP contribution in [0.25, 0.3) is 0 Å². The molecule has 3 aliphatic rings. The lowest BCUT2D eigenvalue weighted by atomic mass is 9.40. The number of fused-ring (bicyclic) bond motifs is 4. The molecule has 1 N–H and O–H groups in total. The predicted molar refractivity (Wildman–Crippen MR) is 66.1 cm³/mol. The Morgan fingerprint density at radius 3 is 2.69 bits per heavy atom. The molecule has 3 rings (SSSR count). The first-order valence-electron chi connectivity index (χ1n) is 7.31. The Labute approximate surface area is 99.6 Å². The maximum atomic E-state index is 10.4. The van der Waals surface area contributed by atoms with Gasteiger partial charge in [-0.15, -0.1) is 0 Å². The highest BCUT2D eigenvalue weighted by Crippen LogP contribution is 2.66. The Bertz CT molecular complexity index is 275. The second-order valence-corrected chi connectivity index (χ2v) is 7.05. The molecule has 1 heteroatoms. The fourth-order valence-corrected chi connectivity index (χ4v) is 5.61. The average molecular weight is 222 g/mol. The Hall–Kier alpha value is -0.0400. The van der Waals surface area contributed by atoms with E-state index in [1.807, 2.05) is 0 Å². The average Bonchev–Trinajstić information content (AvgIpc) is 2.39. The van der Waals surface area contributed by atoms with Crippen LogP contribution in [0, 0.1) is 29.1 Å². The van der Waals surface area contributed by atoms with Crippen LogP contribution >= 0.6 is 0 Å². The van der Waals surface area contributed by atoms with Gasteiger partial charge in [0.25, 0.3) is 0 Å². The lowest BCUT2D eigenvalue weighted by Crippen LogP contribution is -2.62. The van der Waals surface area contributed by atoms with Crippen LogP contribution in [0.5, 0.6) is 0 Å². The topological polar surface area (TPSA) is 20.2 Å². The summed E-state index contributed by atoms with van der Waals surface area (Å²) < 4.78 is 0. The van der Waals surface area contributed by atoms with Gasteiger partial charge in [0.2, 0.25) is 0 Å². The molecule has 0 aromatic carbocycles. The summed E-state index contributed by atoms with van der Waals surface area (Å²) in [7, 11) is 0. The molecule has 0 amide bonds. The normalized spacial score (nSPS) is 56.8. The van der Waals surface area contributed by atoms with Crippen LogP contribution in [0.15, 0.2) is 0 Å². The monoisotopic (exact) mass is 222 g/mol. The van der Waals surface area contributed by atoms with Gasteiger partial charge in [-0.1, -0.05) is 33.1 Å². The van der Waals surface area contributed by atoms with E-state index in [-0.39, 0.29) is 6.10 Å². The summed E-state index contributed by atoms with van der Waals surface area (Å²) in [5, 5.41) is 10.4. The van der Waals surface area contributed by atoms with E-state index >= 15 is 0 Å². The Morgan fingerprint density at radius 1 is 1.12 bits per heavy atom. The van der Waals surface area contributed by atoms with Crippen LogP contribution in [0.4, 0.5) is 0 Å². The number of aliphatic hydroxyl groups excluding tert-OH is 1. The third-order valence-electron chi connectivity index (χ3n) is 5.99. The standard InChI is InChI=1S/C15H26O/c1-10-8-13(16)14-11-6-4-3-5-7-12(11)15(14,2)9-10/h10-14,16H,3-9H2,1-2H3. The highest BCUT2D eigenvalue weighted by Gasteiger charge is 2.62. The summed E-state index contributed by atoms with van der Waals surface area (Å²) in [4.78, 5) is 0. The number of rotatable bonds is 0. The Balaban J connectivity index is 1.84. The second kappa shape index (κ2) is 3.73. The molecule has 0 bridgehead atoms. The maximum Gasteiger partial charge on any atom is 0.0579 e. The van der Waals surface area contributed by atoms with E-state index in [4.69, 9.17) is 0 Å². The molecule has 0 radical (unpaired) electrons. The van der Waals surface area contributed by atoms with Crippen molar-refractivity contribution in [1.29, 1.82) is 0 Å². The first-order chi connectivity index (χ1) is 7.63. The van der Waals surface area contributed by atoms with Gasteiger partial charge in [-0.2, -0.15) is 0 Å². The van der Waals surface area contributed by atoms with Gasteiger partial charge in [-0.05, 0) is 54.8 Å². The lowest BCUT2D eigenvalue weighted by Gasteiger charge is -2.65. The fraction of sp³-hybridized carbons (Fsp3) is 1.00. The molecule has 92 valence electrons. The van der Waals surface area contributed by atoms with Gasteiger partial charge in [0.1, 0.15) is 0 Å². The van der Waals surface area contributed by atoms with Crippen molar-refractivity contribution in [2.24, 2.45) is 29.1 Å².